The van der Waals surface area contributed by atoms with Gasteiger partial charge in [0, 0.05) is 55.1 Å². The second-order valence-corrected chi connectivity index (χ2v) is 7.08. The molecule has 0 N–H and O–H groups in total. The zero-order valence-electron chi connectivity index (χ0n) is 14.6. The highest BCUT2D eigenvalue weighted by molar-refractivity contribution is 6.30. The Kier molecular flexibility index (Phi) is 5.66. The Balaban J connectivity index is 1.82. The lowest BCUT2D eigenvalue weighted by Gasteiger charge is -2.40. The maximum atomic E-state index is 12.2. The van der Waals surface area contributed by atoms with Crippen LogP contribution in [0.5, 0.6) is 0 Å². The normalized spacial score (nSPS) is 16.9. The van der Waals surface area contributed by atoms with E-state index >= 15 is 0 Å². The van der Waals surface area contributed by atoms with Gasteiger partial charge in [0.25, 0.3) is 0 Å². The zero-order valence-corrected chi connectivity index (χ0v) is 15.4. The smallest absolute Gasteiger partial charge is 0.225 e. The number of benzene rings is 1. The van der Waals surface area contributed by atoms with Crippen molar-refractivity contribution in [3.8, 4) is 0 Å². The van der Waals surface area contributed by atoms with Crippen LogP contribution in [0.15, 0.2) is 43.0 Å². The van der Waals surface area contributed by atoms with Crippen molar-refractivity contribution in [2.24, 2.45) is 5.92 Å². The Morgan fingerprint density at radius 2 is 1.60 bits per heavy atom. The van der Waals surface area contributed by atoms with E-state index in [1.54, 1.807) is 6.33 Å². The van der Waals surface area contributed by atoms with Crippen LogP contribution in [-0.4, -0.2) is 51.9 Å². The zero-order chi connectivity index (χ0) is 17.8. The van der Waals surface area contributed by atoms with Crippen LogP contribution in [0.1, 0.15) is 31.0 Å². The lowest BCUT2D eigenvalue weighted by molar-refractivity contribution is -0.136. The van der Waals surface area contributed by atoms with Crippen LogP contribution < -0.4 is 0 Å². The average Bonchev–Trinajstić information content (AvgIpc) is 2.64. The number of carbonyl (C=O) groups is 1. The molecule has 5 nitrogen and oxygen atoms in total. The van der Waals surface area contributed by atoms with Gasteiger partial charge in [-0.25, -0.2) is 9.97 Å². The average molecular weight is 359 g/mol. The van der Waals surface area contributed by atoms with Crippen molar-refractivity contribution in [2.45, 2.75) is 19.9 Å². The summed E-state index contributed by atoms with van der Waals surface area (Å²) >= 11 is 6.05. The van der Waals surface area contributed by atoms with Crippen LogP contribution in [0.25, 0.3) is 0 Å². The largest absolute Gasteiger partial charge is 0.340 e. The molecule has 2 heterocycles. The summed E-state index contributed by atoms with van der Waals surface area (Å²) in [5.41, 5.74) is 2.20. The highest BCUT2D eigenvalue weighted by atomic mass is 35.5. The molecule has 1 amide bonds. The third-order valence-electron chi connectivity index (χ3n) is 4.57. The van der Waals surface area contributed by atoms with Gasteiger partial charge >= 0.3 is 0 Å². The topological polar surface area (TPSA) is 49.3 Å². The summed E-state index contributed by atoms with van der Waals surface area (Å²) in [6.07, 6.45) is 5.26. The number of halogens is 1. The number of aromatic nitrogens is 2. The second-order valence-electron chi connectivity index (χ2n) is 6.64. The van der Waals surface area contributed by atoms with E-state index in [4.69, 9.17) is 11.6 Å². The van der Waals surface area contributed by atoms with E-state index in [0.717, 1.165) is 42.3 Å². The van der Waals surface area contributed by atoms with Crippen LogP contribution in [0.2, 0.25) is 5.02 Å². The van der Waals surface area contributed by atoms with Crippen molar-refractivity contribution in [2.75, 3.05) is 26.2 Å². The Hall–Kier alpha value is -1.98. The third kappa shape index (κ3) is 4.17. The van der Waals surface area contributed by atoms with Crippen LogP contribution in [0.3, 0.4) is 0 Å². The molecule has 1 unspecified atom stereocenters. The number of nitrogens with zero attached hydrogens (tertiary/aromatic N) is 4. The number of hydrogen-bond acceptors (Lipinski definition) is 4. The molecule has 25 heavy (non-hydrogen) atoms. The number of hydrogen-bond donors (Lipinski definition) is 0. The molecule has 6 heteroatoms. The van der Waals surface area contributed by atoms with Gasteiger partial charge in [-0.1, -0.05) is 37.6 Å². The summed E-state index contributed by atoms with van der Waals surface area (Å²) in [7, 11) is 0. The summed E-state index contributed by atoms with van der Waals surface area (Å²) < 4.78 is 0. The molecule has 1 saturated heterocycles. The molecule has 132 valence electrons. The minimum Gasteiger partial charge on any atom is -0.340 e. The van der Waals surface area contributed by atoms with Crippen molar-refractivity contribution >= 4 is 17.5 Å². The minimum atomic E-state index is 0.0427. The predicted molar refractivity (Wildman–Crippen MR) is 98.3 cm³/mol. The van der Waals surface area contributed by atoms with Crippen LogP contribution >= 0.6 is 11.6 Å². The van der Waals surface area contributed by atoms with Crippen molar-refractivity contribution in [1.82, 2.24) is 19.8 Å². The summed E-state index contributed by atoms with van der Waals surface area (Å²) in [6, 6.07) is 7.98. The monoisotopic (exact) mass is 358 g/mol. The minimum absolute atomic E-state index is 0.0427. The number of piperazine rings is 1. The summed E-state index contributed by atoms with van der Waals surface area (Å²) in [4.78, 5) is 24.9. The SMILES string of the molecule is CC(C)C(=O)N1CCN(C(c2ccc(Cl)cc2)c2cncnc2)CC1. The van der Waals surface area contributed by atoms with E-state index in [0.29, 0.717) is 0 Å². The molecule has 0 spiro atoms. The summed E-state index contributed by atoms with van der Waals surface area (Å²) in [6.45, 7) is 7.03. The van der Waals surface area contributed by atoms with E-state index in [9.17, 15) is 4.79 Å². The van der Waals surface area contributed by atoms with E-state index in [-0.39, 0.29) is 17.9 Å². The first-order valence-electron chi connectivity index (χ1n) is 8.59. The van der Waals surface area contributed by atoms with Crippen molar-refractivity contribution in [3.05, 3.63) is 59.1 Å². The van der Waals surface area contributed by atoms with Crippen molar-refractivity contribution in [1.29, 1.82) is 0 Å². The molecule has 1 aliphatic heterocycles. The first-order chi connectivity index (χ1) is 12.1. The first kappa shape index (κ1) is 17.8. The first-order valence-corrected chi connectivity index (χ1v) is 8.97. The van der Waals surface area contributed by atoms with E-state index in [1.807, 2.05) is 55.4 Å². The summed E-state index contributed by atoms with van der Waals surface area (Å²) in [5.74, 6) is 0.270. The van der Waals surface area contributed by atoms with Crippen LogP contribution in [-0.2, 0) is 4.79 Å². The fourth-order valence-electron chi connectivity index (χ4n) is 3.28. The molecule has 1 atom stereocenters. The Bertz CT molecular complexity index is 697. The Labute approximate surface area is 153 Å². The molecule has 0 bridgehead atoms. The molecular formula is C19H23ClN4O. The highest BCUT2D eigenvalue weighted by Crippen LogP contribution is 2.29. The maximum Gasteiger partial charge on any atom is 0.225 e. The quantitative estimate of drug-likeness (QED) is 0.843. The van der Waals surface area contributed by atoms with E-state index in [2.05, 4.69) is 14.9 Å². The van der Waals surface area contributed by atoms with Gasteiger partial charge in [0.2, 0.25) is 5.91 Å². The van der Waals surface area contributed by atoms with Crippen LogP contribution in [0, 0.1) is 5.92 Å². The molecule has 1 aromatic carbocycles. The van der Waals surface area contributed by atoms with Gasteiger partial charge < -0.3 is 4.90 Å². The fraction of sp³-hybridized carbons (Fsp3) is 0.421. The van der Waals surface area contributed by atoms with Gasteiger partial charge in [0.15, 0.2) is 0 Å². The lowest BCUT2D eigenvalue weighted by Crippen LogP contribution is -2.50. The number of carbonyl (C=O) groups excluding carboxylic acids is 1. The van der Waals surface area contributed by atoms with Gasteiger partial charge in [0.05, 0.1) is 6.04 Å². The molecule has 1 aliphatic rings. The lowest BCUT2D eigenvalue weighted by atomic mass is 9.98. The molecular weight excluding hydrogens is 336 g/mol. The molecule has 3 rings (SSSR count). The Morgan fingerprint density at radius 1 is 1.00 bits per heavy atom. The van der Waals surface area contributed by atoms with Crippen molar-refractivity contribution < 1.29 is 4.79 Å². The van der Waals surface area contributed by atoms with E-state index < -0.39 is 0 Å². The predicted octanol–water partition coefficient (Wildman–Crippen LogP) is 3.02. The number of amides is 1. The van der Waals surface area contributed by atoms with Gasteiger partial charge in [0.1, 0.15) is 6.33 Å². The van der Waals surface area contributed by atoms with Gasteiger partial charge in [-0.2, -0.15) is 0 Å². The van der Waals surface area contributed by atoms with Crippen molar-refractivity contribution in [3.63, 3.8) is 0 Å². The van der Waals surface area contributed by atoms with Crippen LogP contribution in [0.4, 0.5) is 0 Å². The van der Waals surface area contributed by atoms with Gasteiger partial charge in [-0.3, -0.25) is 9.69 Å². The molecule has 1 fully saturated rings. The molecule has 0 radical (unpaired) electrons. The van der Waals surface area contributed by atoms with E-state index in [1.165, 1.54) is 0 Å². The Morgan fingerprint density at radius 3 is 2.16 bits per heavy atom. The fourth-order valence-corrected chi connectivity index (χ4v) is 3.40. The highest BCUT2D eigenvalue weighted by Gasteiger charge is 2.29. The summed E-state index contributed by atoms with van der Waals surface area (Å²) in [5, 5.41) is 0.721. The van der Waals surface area contributed by atoms with Gasteiger partial charge in [-0.05, 0) is 17.7 Å². The molecule has 0 aliphatic carbocycles. The third-order valence-corrected chi connectivity index (χ3v) is 4.82. The maximum absolute atomic E-state index is 12.2. The molecule has 0 saturated carbocycles. The van der Waals surface area contributed by atoms with Gasteiger partial charge in [-0.15, -0.1) is 0 Å². The number of rotatable bonds is 4. The standard InChI is InChI=1S/C19H23ClN4O/c1-14(2)19(25)24-9-7-23(8-10-24)18(16-11-21-13-22-12-16)15-3-5-17(20)6-4-15/h3-6,11-14,18H,7-10H2,1-2H3. The molecule has 2 aromatic rings. The second kappa shape index (κ2) is 7.93. The molecule has 1 aromatic heterocycles.